The molecule has 0 saturated carbocycles. The molecule has 0 aliphatic carbocycles. The molecular formula is C15H22ClN5O. The van der Waals surface area contributed by atoms with Gasteiger partial charge in [0.15, 0.2) is 0 Å². The van der Waals surface area contributed by atoms with Crippen LogP contribution in [0.5, 0.6) is 0 Å². The molecule has 0 aromatic heterocycles. The van der Waals surface area contributed by atoms with E-state index in [-0.39, 0.29) is 0 Å². The van der Waals surface area contributed by atoms with Gasteiger partial charge in [-0.25, -0.2) is 16.1 Å². The van der Waals surface area contributed by atoms with E-state index in [0.29, 0.717) is 6.54 Å². The maximum atomic E-state index is 10.8. The van der Waals surface area contributed by atoms with Crippen LogP contribution in [-0.4, -0.2) is 37.1 Å². The fourth-order valence-electron chi connectivity index (χ4n) is 2.41. The van der Waals surface area contributed by atoms with Gasteiger partial charge in [-0.1, -0.05) is 29.8 Å². The number of amides is 2. The molecule has 120 valence electrons. The van der Waals surface area contributed by atoms with Crippen molar-refractivity contribution in [2.24, 2.45) is 5.84 Å². The first kappa shape index (κ1) is 16.8. The van der Waals surface area contributed by atoms with Gasteiger partial charge in [-0.15, -0.1) is 0 Å². The lowest BCUT2D eigenvalue weighted by Crippen LogP contribution is -2.47. The van der Waals surface area contributed by atoms with Crippen LogP contribution >= 0.6 is 11.6 Å². The highest BCUT2D eigenvalue weighted by molar-refractivity contribution is 6.30. The Kier molecular flexibility index (Phi) is 6.67. The molecule has 0 saturated heterocycles. The lowest BCUT2D eigenvalue weighted by molar-refractivity contribution is 0.235. The van der Waals surface area contributed by atoms with E-state index >= 15 is 0 Å². The van der Waals surface area contributed by atoms with Crippen LogP contribution in [0.1, 0.15) is 18.4 Å². The minimum absolute atomic E-state index is 0.437. The third-order valence-electron chi connectivity index (χ3n) is 3.62. The fourth-order valence-corrected chi connectivity index (χ4v) is 2.54. The van der Waals surface area contributed by atoms with Crippen molar-refractivity contribution in [2.75, 3.05) is 26.2 Å². The van der Waals surface area contributed by atoms with Gasteiger partial charge in [0, 0.05) is 24.7 Å². The van der Waals surface area contributed by atoms with Crippen LogP contribution in [0.2, 0.25) is 5.02 Å². The zero-order valence-electron chi connectivity index (χ0n) is 12.4. The molecule has 0 unspecified atom stereocenters. The number of benzene rings is 1. The lowest BCUT2D eigenvalue weighted by Gasteiger charge is -2.26. The number of carbonyl (C=O) groups excluding carboxylic acids is 1. The molecule has 7 heteroatoms. The van der Waals surface area contributed by atoms with Gasteiger partial charge in [-0.3, -0.25) is 15.8 Å². The smallest absolute Gasteiger partial charge is 0.299 e. The normalized spacial score (nSPS) is 15.3. The van der Waals surface area contributed by atoms with Crippen LogP contribution < -0.4 is 22.1 Å². The Morgan fingerprint density at radius 3 is 2.73 bits per heavy atom. The van der Waals surface area contributed by atoms with Crippen LogP contribution in [0.3, 0.4) is 0 Å². The van der Waals surface area contributed by atoms with Crippen molar-refractivity contribution in [2.45, 2.75) is 12.8 Å². The van der Waals surface area contributed by atoms with Crippen LogP contribution in [0.4, 0.5) is 4.79 Å². The Bertz CT molecular complexity index is 517. The molecule has 0 atom stereocenters. The van der Waals surface area contributed by atoms with Crippen molar-refractivity contribution in [3.63, 3.8) is 0 Å². The highest BCUT2D eigenvalue weighted by Crippen LogP contribution is 2.23. The topological polar surface area (TPSA) is 82.4 Å². The van der Waals surface area contributed by atoms with Crippen molar-refractivity contribution in [3.05, 3.63) is 40.9 Å². The van der Waals surface area contributed by atoms with E-state index in [9.17, 15) is 4.79 Å². The van der Waals surface area contributed by atoms with Gasteiger partial charge in [0.1, 0.15) is 0 Å². The first-order chi connectivity index (χ1) is 10.7. The fraction of sp³-hybridized carbons (Fsp3) is 0.400. The molecule has 2 rings (SSSR count). The van der Waals surface area contributed by atoms with E-state index in [0.717, 1.165) is 37.5 Å². The van der Waals surface area contributed by atoms with E-state index < -0.39 is 6.03 Å². The van der Waals surface area contributed by atoms with E-state index in [1.165, 1.54) is 11.1 Å². The lowest BCUT2D eigenvalue weighted by atomic mass is 9.99. The summed E-state index contributed by atoms with van der Waals surface area (Å²) in [7, 11) is 0. The number of nitrogens with zero attached hydrogens (tertiary/aromatic N) is 1. The van der Waals surface area contributed by atoms with E-state index in [1.54, 1.807) is 0 Å². The minimum atomic E-state index is -0.437. The van der Waals surface area contributed by atoms with Gasteiger partial charge in [-0.2, -0.15) is 0 Å². The van der Waals surface area contributed by atoms with Gasteiger partial charge < -0.3 is 0 Å². The van der Waals surface area contributed by atoms with Crippen LogP contribution in [0, 0.1) is 0 Å². The molecule has 0 fully saturated rings. The molecule has 0 spiro atoms. The second-order valence-corrected chi connectivity index (χ2v) is 5.60. The summed E-state index contributed by atoms with van der Waals surface area (Å²) in [5.41, 5.74) is 9.88. The maximum Gasteiger partial charge on any atom is 0.343 e. The highest BCUT2D eigenvalue weighted by atomic mass is 35.5. The Morgan fingerprint density at radius 1 is 1.32 bits per heavy atom. The summed E-state index contributed by atoms with van der Waals surface area (Å²) in [6.07, 6.45) is 4.28. The van der Waals surface area contributed by atoms with Crippen molar-refractivity contribution in [3.8, 4) is 0 Å². The molecule has 22 heavy (non-hydrogen) atoms. The van der Waals surface area contributed by atoms with E-state index in [1.807, 2.05) is 17.6 Å². The Hall–Kier alpha value is -1.60. The summed E-state index contributed by atoms with van der Waals surface area (Å²) in [5, 5.41) is 0.770. The summed E-state index contributed by atoms with van der Waals surface area (Å²) in [4.78, 5) is 13.2. The quantitative estimate of drug-likeness (QED) is 0.277. The molecule has 2 amide bonds. The molecule has 1 aromatic rings. The van der Waals surface area contributed by atoms with Gasteiger partial charge >= 0.3 is 6.03 Å². The first-order valence-electron chi connectivity index (χ1n) is 7.36. The number of hydrazine groups is 2. The minimum Gasteiger partial charge on any atom is -0.299 e. The summed E-state index contributed by atoms with van der Waals surface area (Å²) in [5.74, 6) is 4.95. The largest absolute Gasteiger partial charge is 0.343 e. The predicted molar refractivity (Wildman–Crippen MR) is 89.0 cm³/mol. The average Bonchev–Trinajstić information content (AvgIpc) is 2.55. The van der Waals surface area contributed by atoms with Crippen LogP contribution in [0.15, 0.2) is 30.3 Å². The predicted octanol–water partition coefficient (Wildman–Crippen LogP) is 1.50. The molecule has 6 nitrogen and oxygen atoms in total. The van der Waals surface area contributed by atoms with Gasteiger partial charge in [0.25, 0.3) is 0 Å². The molecule has 1 heterocycles. The molecular weight excluding hydrogens is 302 g/mol. The zero-order valence-corrected chi connectivity index (χ0v) is 13.2. The summed E-state index contributed by atoms with van der Waals surface area (Å²) >= 11 is 5.91. The highest BCUT2D eigenvalue weighted by Gasteiger charge is 2.12. The SMILES string of the molecule is NNC(=O)NNCCCN1CC=C(c2ccc(Cl)cc2)CC1. The molecule has 1 aliphatic heterocycles. The number of hydrogen-bond acceptors (Lipinski definition) is 4. The van der Waals surface area contributed by atoms with Gasteiger partial charge in [-0.05, 0) is 42.7 Å². The third kappa shape index (κ3) is 5.31. The second-order valence-electron chi connectivity index (χ2n) is 5.17. The van der Waals surface area contributed by atoms with Crippen molar-refractivity contribution in [1.29, 1.82) is 0 Å². The molecule has 5 N–H and O–H groups in total. The van der Waals surface area contributed by atoms with Gasteiger partial charge in [0.2, 0.25) is 0 Å². The Balaban J connectivity index is 1.68. The maximum absolute atomic E-state index is 10.8. The zero-order chi connectivity index (χ0) is 15.8. The molecule has 0 radical (unpaired) electrons. The van der Waals surface area contributed by atoms with Crippen LogP contribution in [0.25, 0.3) is 5.57 Å². The van der Waals surface area contributed by atoms with Crippen molar-refractivity contribution < 1.29 is 4.79 Å². The first-order valence-corrected chi connectivity index (χ1v) is 7.73. The second kappa shape index (κ2) is 8.75. The van der Waals surface area contributed by atoms with Crippen molar-refractivity contribution in [1.82, 2.24) is 21.2 Å². The number of carbonyl (C=O) groups is 1. The Labute approximate surface area is 135 Å². The molecule has 0 bridgehead atoms. The van der Waals surface area contributed by atoms with Crippen LogP contribution in [-0.2, 0) is 0 Å². The Morgan fingerprint density at radius 2 is 2.09 bits per heavy atom. The third-order valence-corrected chi connectivity index (χ3v) is 3.87. The summed E-state index contributed by atoms with van der Waals surface area (Å²) in [6.45, 7) is 3.70. The number of halogens is 1. The van der Waals surface area contributed by atoms with E-state index in [4.69, 9.17) is 17.4 Å². The molecule has 1 aliphatic rings. The number of urea groups is 1. The number of hydrogen-bond donors (Lipinski definition) is 4. The monoisotopic (exact) mass is 323 g/mol. The summed E-state index contributed by atoms with van der Waals surface area (Å²) in [6, 6.07) is 7.57. The van der Waals surface area contributed by atoms with Crippen molar-refractivity contribution >= 4 is 23.2 Å². The number of rotatable bonds is 6. The standard InChI is InChI=1S/C15H22ClN5O/c16-14-4-2-12(3-5-14)13-6-10-21(11-7-13)9-1-8-18-20-15(22)19-17/h2-6,18H,1,7-11,17H2,(H2,19,20,22). The van der Waals surface area contributed by atoms with E-state index in [2.05, 4.69) is 34.0 Å². The molecule has 1 aromatic carbocycles. The summed E-state index contributed by atoms with van der Waals surface area (Å²) < 4.78 is 0. The van der Waals surface area contributed by atoms with Gasteiger partial charge in [0.05, 0.1) is 0 Å². The average molecular weight is 324 g/mol. The number of nitrogens with two attached hydrogens (primary N) is 1. The number of nitrogens with one attached hydrogen (secondary N) is 3.